The molecule has 0 radical (unpaired) electrons. The number of hydrogen-bond acceptors (Lipinski definition) is 8. The molecule has 1 aliphatic carbocycles. The summed E-state index contributed by atoms with van der Waals surface area (Å²) in [5.74, 6) is -0.0873. The van der Waals surface area contributed by atoms with Crippen molar-refractivity contribution in [3.63, 3.8) is 0 Å². The van der Waals surface area contributed by atoms with Gasteiger partial charge < -0.3 is 19.4 Å². The van der Waals surface area contributed by atoms with E-state index in [1.165, 1.54) is 4.57 Å². The molecule has 1 saturated carbocycles. The fourth-order valence-corrected chi connectivity index (χ4v) is 4.96. The number of hydrogen-bond donors (Lipinski definition) is 2. The second-order valence-corrected chi connectivity index (χ2v) is 11.0. The SMILES string of the molecule is Cn1c(=O)c(C(=O)NCc2ccc(C#N)cc2)cc2ccnc(OCC3(SNC4(C)COC4)CC3)c21. The van der Waals surface area contributed by atoms with Gasteiger partial charge in [-0.1, -0.05) is 24.1 Å². The number of carbonyl (C=O) groups is 1. The summed E-state index contributed by atoms with van der Waals surface area (Å²) in [6, 6.07) is 12.3. The molecule has 186 valence electrons. The molecule has 0 unspecified atom stereocenters. The minimum atomic E-state index is -0.464. The summed E-state index contributed by atoms with van der Waals surface area (Å²) in [7, 11) is 1.62. The second kappa shape index (κ2) is 9.58. The zero-order valence-electron chi connectivity index (χ0n) is 20.2. The van der Waals surface area contributed by atoms with E-state index in [4.69, 9.17) is 14.7 Å². The van der Waals surface area contributed by atoms with Gasteiger partial charge in [0.2, 0.25) is 5.88 Å². The van der Waals surface area contributed by atoms with Crippen molar-refractivity contribution in [3.05, 3.63) is 69.6 Å². The third-order valence-electron chi connectivity index (χ3n) is 6.51. The van der Waals surface area contributed by atoms with Crippen molar-refractivity contribution in [1.29, 1.82) is 5.26 Å². The Labute approximate surface area is 212 Å². The van der Waals surface area contributed by atoms with E-state index >= 15 is 0 Å². The summed E-state index contributed by atoms with van der Waals surface area (Å²) in [6.45, 7) is 4.26. The number of rotatable bonds is 9. The zero-order valence-corrected chi connectivity index (χ0v) is 21.0. The highest BCUT2D eigenvalue weighted by atomic mass is 32.2. The van der Waals surface area contributed by atoms with Crippen molar-refractivity contribution < 1.29 is 14.3 Å². The second-order valence-electron chi connectivity index (χ2n) is 9.70. The Kier molecular flexibility index (Phi) is 6.47. The maximum absolute atomic E-state index is 13.1. The molecule has 3 heterocycles. The number of benzene rings is 1. The number of nitriles is 1. The number of nitrogens with zero attached hydrogens (tertiary/aromatic N) is 3. The van der Waals surface area contributed by atoms with Gasteiger partial charge in [-0.15, -0.1) is 0 Å². The third-order valence-corrected chi connectivity index (χ3v) is 8.06. The van der Waals surface area contributed by atoms with Crippen LogP contribution in [0.4, 0.5) is 0 Å². The average Bonchev–Trinajstić information content (AvgIpc) is 3.66. The van der Waals surface area contributed by atoms with Gasteiger partial charge in [-0.05, 0) is 49.6 Å². The first kappa shape index (κ1) is 24.3. The van der Waals surface area contributed by atoms with E-state index in [-0.39, 0.29) is 22.4 Å². The number of aromatic nitrogens is 2. The number of nitrogens with one attached hydrogen (secondary N) is 2. The van der Waals surface area contributed by atoms with Crippen LogP contribution in [0.2, 0.25) is 0 Å². The van der Waals surface area contributed by atoms with Crippen LogP contribution >= 0.6 is 11.9 Å². The molecule has 3 aromatic rings. The van der Waals surface area contributed by atoms with Crippen LogP contribution in [0.25, 0.3) is 10.9 Å². The predicted molar refractivity (Wildman–Crippen MR) is 137 cm³/mol. The Bertz CT molecular complexity index is 1400. The van der Waals surface area contributed by atoms with Crippen LogP contribution in [0.1, 0.15) is 41.3 Å². The molecule has 5 rings (SSSR count). The molecule has 2 fully saturated rings. The van der Waals surface area contributed by atoms with E-state index in [0.29, 0.717) is 42.2 Å². The fraction of sp³-hybridized carbons (Fsp3) is 0.385. The summed E-state index contributed by atoms with van der Waals surface area (Å²) in [6.07, 6.45) is 3.70. The lowest BCUT2D eigenvalue weighted by molar-refractivity contribution is -0.0511. The summed E-state index contributed by atoms with van der Waals surface area (Å²) >= 11 is 1.70. The molecular weight excluding hydrogens is 478 g/mol. The Morgan fingerprint density at radius 3 is 2.67 bits per heavy atom. The van der Waals surface area contributed by atoms with Gasteiger partial charge in [0, 0.05) is 25.2 Å². The van der Waals surface area contributed by atoms with Gasteiger partial charge in [0.05, 0.1) is 35.1 Å². The number of pyridine rings is 2. The minimum Gasteiger partial charge on any atom is -0.475 e. The topological polar surface area (TPSA) is 118 Å². The first-order valence-electron chi connectivity index (χ1n) is 11.7. The highest BCUT2D eigenvalue weighted by Crippen LogP contribution is 2.48. The van der Waals surface area contributed by atoms with E-state index < -0.39 is 11.5 Å². The van der Waals surface area contributed by atoms with Crippen LogP contribution in [0.5, 0.6) is 5.88 Å². The molecule has 1 saturated heterocycles. The van der Waals surface area contributed by atoms with Crippen molar-refractivity contribution >= 4 is 28.8 Å². The van der Waals surface area contributed by atoms with Crippen LogP contribution in [0, 0.1) is 11.3 Å². The van der Waals surface area contributed by atoms with Crippen LogP contribution in [-0.2, 0) is 18.3 Å². The first-order valence-corrected chi connectivity index (χ1v) is 12.5. The highest BCUT2D eigenvalue weighted by molar-refractivity contribution is 7.99. The van der Waals surface area contributed by atoms with Crippen molar-refractivity contribution in [3.8, 4) is 11.9 Å². The fourth-order valence-electron chi connectivity index (χ4n) is 3.96. The maximum atomic E-state index is 13.1. The smallest absolute Gasteiger partial charge is 0.263 e. The molecule has 1 aromatic carbocycles. The molecule has 0 bridgehead atoms. The van der Waals surface area contributed by atoms with E-state index in [1.807, 2.05) is 0 Å². The van der Waals surface area contributed by atoms with Gasteiger partial charge in [-0.25, -0.2) is 4.98 Å². The van der Waals surface area contributed by atoms with Crippen LogP contribution in [0.3, 0.4) is 0 Å². The summed E-state index contributed by atoms with van der Waals surface area (Å²) in [4.78, 5) is 30.3. The number of ether oxygens (including phenoxy) is 2. The van der Waals surface area contributed by atoms with E-state index in [0.717, 1.165) is 18.4 Å². The molecule has 0 spiro atoms. The van der Waals surface area contributed by atoms with Gasteiger partial charge in [0.15, 0.2) is 0 Å². The molecule has 2 aliphatic rings. The van der Waals surface area contributed by atoms with Gasteiger partial charge in [-0.3, -0.25) is 14.3 Å². The number of amides is 1. The highest BCUT2D eigenvalue weighted by Gasteiger charge is 2.47. The van der Waals surface area contributed by atoms with Crippen LogP contribution in [-0.4, -0.2) is 45.6 Å². The van der Waals surface area contributed by atoms with E-state index in [1.54, 1.807) is 61.6 Å². The lowest BCUT2D eigenvalue weighted by Crippen LogP contribution is -2.56. The third kappa shape index (κ3) is 4.95. The lowest BCUT2D eigenvalue weighted by Gasteiger charge is -2.39. The Balaban J connectivity index is 1.30. The minimum absolute atomic E-state index is 0.00108. The van der Waals surface area contributed by atoms with Crippen LogP contribution < -0.4 is 20.3 Å². The quantitative estimate of drug-likeness (QED) is 0.426. The Morgan fingerprint density at radius 1 is 1.28 bits per heavy atom. The maximum Gasteiger partial charge on any atom is 0.263 e. The monoisotopic (exact) mass is 505 g/mol. The van der Waals surface area contributed by atoms with Crippen molar-refractivity contribution in [2.24, 2.45) is 7.05 Å². The molecule has 9 nitrogen and oxygen atoms in total. The number of fused-ring (bicyclic) bond motifs is 1. The van der Waals surface area contributed by atoms with Crippen LogP contribution in [0.15, 0.2) is 47.4 Å². The lowest BCUT2D eigenvalue weighted by atomic mass is 10.0. The Morgan fingerprint density at radius 2 is 2.03 bits per heavy atom. The molecule has 10 heteroatoms. The van der Waals surface area contributed by atoms with Gasteiger partial charge >= 0.3 is 0 Å². The first-order chi connectivity index (χ1) is 17.3. The molecule has 2 N–H and O–H groups in total. The molecule has 2 aromatic heterocycles. The zero-order chi connectivity index (χ0) is 25.3. The Hall–Kier alpha value is -3.39. The molecule has 36 heavy (non-hydrogen) atoms. The predicted octanol–water partition coefficient (Wildman–Crippen LogP) is 2.67. The number of aryl methyl sites for hydroxylation is 1. The summed E-state index contributed by atoms with van der Waals surface area (Å²) in [5, 5.41) is 12.4. The van der Waals surface area contributed by atoms with Gasteiger partial charge in [0.25, 0.3) is 11.5 Å². The van der Waals surface area contributed by atoms with E-state index in [9.17, 15) is 9.59 Å². The van der Waals surface area contributed by atoms with Crippen molar-refractivity contribution in [1.82, 2.24) is 19.6 Å². The molecular formula is C26H27N5O4S. The van der Waals surface area contributed by atoms with Crippen molar-refractivity contribution in [2.45, 2.75) is 36.6 Å². The van der Waals surface area contributed by atoms with Gasteiger partial charge in [0.1, 0.15) is 17.7 Å². The van der Waals surface area contributed by atoms with Crippen molar-refractivity contribution in [2.75, 3.05) is 19.8 Å². The largest absolute Gasteiger partial charge is 0.475 e. The average molecular weight is 506 g/mol. The van der Waals surface area contributed by atoms with E-state index in [2.05, 4.69) is 28.0 Å². The summed E-state index contributed by atoms with van der Waals surface area (Å²) < 4.78 is 16.4. The van der Waals surface area contributed by atoms with Gasteiger partial charge in [-0.2, -0.15) is 5.26 Å². The molecule has 0 atom stereocenters. The summed E-state index contributed by atoms with van der Waals surface area (Å²) in [5.41, 5.74) is 1.56. The molecule has 1 aliphatic heterocycles. The number of carbonyl (C=O) groups excluding carboxylic acids is 1. The standard InChI is InChI=1S/C26H27N5O4S/c1-25(14-34-15-25)30-36-26(8-9-26)16-35-23-21-19(7-10-28-23)11-20(24(33)31(21)2)22(32)29-13-18-5-3-17(12-27)4-6-18/h3-7,10-11,30H,8-9,13-16H2,1-2H3,(H,29,32). The molecule has 1 amide bonds. The normalized spacial score (nSPS) is 17.1.